The summed E-state index contributed by atoms with van der Waals surface area (Å²) in [6.45, 7) is 0. The van der Waals surface area contributed by atoms with Crippen LogP contribution >= 0.6 is 0 Å². The summed E-state index contributed by atoms with van der Waals surface area (Å²) in [6, 6.07) is 6.23. The maximum Gasteiger partial charge on any atom is 0.103 e. The lowest BCUT2D eigenvalue weighted by Crippen LogP contribution is -2.11. The van der Waals surface area contributed by atoms with E-state index in [4.69, 9.17) is 11.0 Å². The zero-order valence-electron chi connectivity index (χ0n) is 9.69. The third-order valence-corrected chi connectivity index (χ3v) is 3.03. The number of hydrogen-bond acceptors (Lipinski definition) is 3. The van der Waals surface area contributed by atoms with Crippen molar-refractivity contribution in [1.29, 1.82) is 5.26 Å². The van der Waals surface area contributed by atoms with Crippen LogP contribution in [0.15, 0.2) is 35.1 Å². The second-order valence-electron chi connectivity index (χ2n) is 4.19. The first-order valence-corrected chi connectivity index (χ1v) is 5.89. The van der Waals surface area contributed by atoms with Crippen molar-refractivity contribution < 1.29 is 0 Å². The highest BCUT2D eigenvalue weighted by atomic mass is 14.8. The number of aromatic nitrogens is 1. The summed E-state index contributed by atoms with van der Waals surface area (Å²) < 4.78 is 0. The quantitative estimate of drug-likeness (QED) is 0.614. The number of hydrogen-bond donors (Lipinski definition) is 2. The standard InChI is InChI=1S/C13H16N4/c14-8-10(9-15)13(12-6-3-7-16-12)17-11-4-1-2-5-11/h3,6-8,11,16H,1-2,4-5,14H2. The van der Waals surface area contributed by atoms with Gasteiger partial charge >= 0.3 is 0 Å². The molecule has 0 bridgehead atoms. The fraction of sp³-hybridized carbons (Fsp3) is 0.385. The molecule has 0 unspecified atom stereocenters. The fourth-order valence-corrected chi connectivity index (χ4v) is 2.15. The Kier molecular flexibility index (Phi) is 3.61. The number of aromatic amines is 1. The summed E-state index contributed by atoms with van der Waals surface area (Å²) in [5.41, 5.74) is 7.46. The molecule has 4 heteroatoms. The molecular formula is C13H16N4. The van der Waals surface area contributed by atoms with Crippen LogP contribution in [-0.2, 0) is 0 Å². The number of nitriles is 1. The fourth-order valence-electron chi connectivity index (χ4n) is 2.15. The van der Waals surface area contributed by atoms with Gasteiger partial charge < -0.3 is 10.7 Å². The minimum atomic E-state index is 0.330. The zero-order valence-corrected chi connectivity index (χ0v) is 9.69. The number of aliphatic imine (C=N–C) groups is 1. The summed E-state index contributed by atoms with van der Waals surface area (Å²) in [6.07, 6.45) is 7.81. The van der Waals surface area contributed by atoms with Crippen molar-refractivity contribution in [2.24, 2.45) is 10.7 Å². The molecule has 1 aliphatic carbocycles. The van der Waals surface area contributed by atoms with Gasteiger partial charge in [0.05, 0.1) is 17.3 Å². The van der Waals surface area contributed by atoms with Crippen molar-refractivity contribution in [3.63, 3.8) is 0 Å². The lowest BCUT2D eigenvalue weighted by atomic mass is 10.1. The first kappa shape index (κ1) is 11.5. The van der Waals surface area contributed by atoms with Crippen LogP contribution < -0.4 is 5.73 Å². The van der Waals surface area contributed by atoms with Crippen molar-refractivity contribution in [1.82, 2.24) is 4.98 Å². The molecule has 1 heterocycles. The third kappa shape index (κ3) is 2.56. The van der Waals surface area contributed by atoms with Gasteiger partial charge in [-0.05, 0) is 25.0 Å². The average molecular weight is 228 g/mol. The maximum absolute atomic E-state index is 9.08. The van der Waals surface area contributed by atoms with E-state index in [1.165, 1.54) is 19.0 Å². The van der Waals surface area contributed by atoms with Gasteiger partial charge in [-0.3, -0.25) is 4.99 Å². The lowest BCUT2D eigenvalue weighted by Gasteiger charge is -2.07. The van der Waals surface area contributed by atoms with E-state index in [-0.39, 0.29) is 0 Å². The minimum absolute atomic E-state index is 0.330. The Morgan fingerprint density at radius 1 is 1.53 bits per heavy atom. The van der Waals surface area contributed by atoms with E-state index in [0.29, 0.717) is 17.3 Å². The van der Waals surface area contributed by atoms with Crippen LogP contribution in [0.1, 0.15) is 31.4 Å². The summed E-state index contributed by atoms with van der Waals surface area (Å²) in [7, 11) is 0. The van der Waals surface area contributed by atoms with Crippen LogP contribution in [0.5, 0.6) is 0 Å². The van der Waals surface area contributed by atoms with E-state index in [0.717, 1.165) is 18.5 Å². The van der Waals surface area contributed by atoms with E-state index in [9.17, 15) is 0 Å². The summed E-state index contributed by atoms with van der Waals surface area (Å²) >= 11 is 0. The number of nitrogens with zero attached hydrogens (tertiary/aromatic N) is 2. The SMILES string of the molecule is N#CC(=CN)C(=NC1CCCC1)c1ccc[nH]1. The minimum Gasteiger partial charge on any atom is -0.403 e. The molecule has 17 heavy (non-hydrogen) atoms. The maximum atomic E-state index is 9.08. The summed E-state index contributed by atoms with van der Waals surface area (Å²) in [4.78, 5) is 7.76. The van der Waals surface area contributed by atoms with E-state index in [1.807, 2.05) is 18.3 Å². The van der Waals surface area contributed by atoms with E-state index in [1.54, 1.807) is 0 Å². The van der Waals surface area contributed by atoms with Gasteiger partial charge in [0.1, 0.15) is 11.8 Å². The van der Waals surface area contributed by atoms with Crippen molar-refractivity contribution in [2.75, 3.05) is 0 Å². The molecule has 1 aliphatic rings. The van der Waals surface area contributed by atoms with Crippen LogP contribution in [0.2, 0.25) is 0 Å². The van der Waals surface area contributed by atoms with E-state index in [2.05, 4.69) is 16.0 Å². The predicted octanol–water partition coefficient (Wildman–Crippen LogP) is 2.11. The number of nitrogens with one attached hydrogen (secondary N) is 1. The van der Waals surface area contributed by atoms with Crippen molar-refractivity contribution in [2.45, 2.75) is 31.7 Å². The normalized spacial score (nSPS) is 18.3. The number of rotatable bonds is 3. The molecule has 0 aliphatic heterocycles. The molecule has 3 N–H and O–H groups in total. The monoisotopic (exact) mass is 228 g/mol. The highest BCUT2D eigenvalue weighted by Gasteiger charge is 2.17. The predicted molar refractivity (Wildman–Crippen MR) is 67.5 cm³/mol. The smallest absolute Gasteiger partial charge is 0.103 e. The summed E-state index contributed by atoms with van der Waals surface area (Å²) in [5.74, 6) is 0. The number of H-pyrrole nitrogens is 1. The number of allylic oxidation sites excluding steroid dienone is 1. The second kappa shape index (κ2) is 5.35. The van der Waals surface area contributed by atoms with Crippen molar-refractivity contribution in [3.8, 4) is 6.07 Å². The van der Waals surface area contributed by atoms with Gasteiger partial charge in [0.15, 0.2) is 0 Å². The average Bonchev–Trinajstić information content (AvgIpc) is 3.02. The molecule has 4 nitrogen and oxygen atoms in total. The van der Waals surface area contributed by atoms with Crippen LogP contribution in [-0.4, -0.2) is 16.7 Å². The Hall–Kier alpha value is -2.02. The Morgan fingerprint density at radius 2 is 2.29 bits per heavy atom. The first-order valence-electron chi connectivity index (χ1n) is 5.89. The topological polar surface area (TPSA) is 78.0 Å². The lowest BCUT2D eigenvalue weighted by molar-refractivity contribution is 0.707. The molecule has 88 valence electrons. The van der Waals surface area contributed by atoms with Gasteiger partial charge in [-0.15, -0.1) is 0 Å². The van der Waals surface area contributed by atoms with Gasteiger partial charge in [0.25, 0.3) is 0 Å². The number of nitrogens with two attached hydrogens (primary N) is 1. The molecule has 0 radical (unpaired) electrons. The van der Waals surface area contributed by atoms with Gasteiger partial charge in [0, 0.05) is 12.4 Å². The molecule has 0 spiro atoms. The molecule has 0 amide bonds. The Bertz CT molecular complexity index is 456. The Balaban J connectivity index is 2.34. The first-order chi connectivity index (χ1) is 8.35. The molecule has 1 fully saturated rings. The van der Waals surface area contributed by atoms with Gasteiger partial charge in [-0.25, -0.2) is 0 Å². The molecule has 1 aromatic heterocycles. The Labute approximate surface area is 101 Å². The van der Waals surface area contributed by atoms with Gasteiger partial charge in [-0.1, -0.05) is 12.8 Å². The second-order valence-corrected chi connectivity index (χ2v) is 4.19. The van der Waals surface area contributed by atoms with Crippen LogP contribution in [0.3, 0.4) is 0 Å². The van der Waals surface area contributed by atoms with Crippen LogP contribution in [0.25, 0.3) is 0 Å². The molecule has 0 aromatic carbocycles. The van der Waals surface area contributed by atoms with Crippen molar-refractivity contribution >= 4 is 5.71 Å². The van der Waals surface area contributed by atoms with Crippen LogP contribution in [0.4, 0.5) is 0 Å². The van der Waals surface area contributed by atoms with E-state index < -0.39 is 0 Å². The van der Waals surface area contributed by atoms with Gasteiger partial charge in [0.2, 0.25) is 0 Å². The molecule has 1 aromatic rings. The molecule has 0 saturated heterocycles. The molecule has 1 saturated carbocycles. The Morgan fingerprint density at radius 3 is 2.82 bits per heavy atom. The third-order valence-electron chi connectivity index (χ3n) is 3.03. The molecule has 0 atom stereocenters. The largest absolute Gasteiger partial charge is 0.403 e. The molecule has 2 rings (SSSR count). The summed E-state index contributed by atoms with van der Waals surface area (Å²) in [5, 5.41) is 9.08. The highest BCUT2D eigenvalue weighted by molar-refractivity contribution is 6.14. The van der Waals surface area contributed by atoms with E-state index >= 15 is 0 Å². The molecular weight excluding hydrogens is 212 g/mol. The zero-order chi connectivity index (χ0) is 12.1. The van der Waals surface area contributed by atoms with Gasteiger partial charge in [-0.2, -0.15) is 5.26 Å². The van der Waals surface area contributed by atoms with Crippen molar-refractivity contribution in [3.05, 3.63) is 35.8 Å². The highest BCUT2D eigenvalue weighted by Crippen LogP contribution is 2.22. The van der Waals surface area contributed by atoms with Crippen LogP contribution in [0, 0.1) is 11.3 Å².